The summed E-state index contributed by atoms with van der Waals surface area (Å²) in [7, 11) is 1.43. The Kier molecular flexibility index (Phi) is 3.39. The van der Waals surface area contributed by atoms with E-state index in [1.165, 1.54) is 11.7 Å². The lowest BCUT2D eigenvalue weighted by molar-refractivity contribution is -0.284. The van der Waals surface area contributed by atoms with Crippen LogP contribution in [-0.2, 0) is 13.5 Å². The molecule has 0 fully saturated rings. The summed E-state index contributed by atoms with van der Waals surface area (Å²) in [5.74, 6) is -5.44. The molecule has 0 atom stereocenters. The molecule has 110 valence electrons. The summed E-state index contributed by atoms with van der Waals surface area (Å²) in [5.41, 5.74) is 0.327. The van der Waals surface area contributed by atoms with Crippen LogP contribution in [0.1, 0.15) is 12.1 Å². The van der Waals surface area contributed by atoms with Crippen LogP contribution in [0, 0.1) is 5.82 Å². The van der Waals surface area contributed by atoms with Crippen molar-refractivity contribution in [2.24, 2.45) is 7.05 Å². The van der Waals surface area contributed by atoms with Gasteiger partial charge in [-0.05, 0) is 6.42 Å². The van der Waals surface area contributed by atoms with Crippen LogP contribution in [0.4, 0.5) is 26.3 Å². The van der Waals surface area contributed by atoms with Crippen molar-refractivity contribution in [2.75, 3.05) is 0 Å². The Morgan fingerprint density at radius 1 is 1.20 bits per heavy atom. The van der Waals surface area contributed by atoms with E-state index in [0.29, 0.717) is 0 Å². The maximum absolute atomic E-state index is 13.0. The van der Waals surface area contributed by atoms with E-state index in [-0.39, 0.29) is 16.7 Å². The van der Waals surface area contributed by atoms with Crippen molar-refractivity contribution in [2.45, 2.75) is 24.9 Å². The molecule has 0 radical (unpaired) electrons. The van der Waals surface area contributed by atoms with Crippen LogP contribution in [-0.4, -0.2) is 26.9 Å². The van der Waals surface area contributed by atoms with Crippen molar-refractivity contribution in [3.63, 3.8) is 0 Å². The third-order valence-corrected chi connectivity index (χ3v) is 2.82. The van der Waals surface area contributed by atoms with Crippen molar-refractivity contribution in [1.82, 2.24) is 14.8 Å². The highest BCUT2D eigenvalue weighted by atomic mass is 19.4. The van der Waals surface area contributed by atoms with E-state index in [2.05, 4.69) is 10.1 Å². The van der Waals surface area contributed by atoms with Crippen LogP contribution in [0.2, 0.25) is 0 Å². The van der Waals surface area contributed by atoms with Crippen LogP contribution >= 0.6 is 0 Å². The first-order valence-corrected chi connectivity index (χ1v) is 5.53. The molecule has 20 heavy (non-hydrogen) atoms. The third kappa shape index (κ3) is 2.56. The lowest BCUT2D eigenvalue weighted by Gasteiger charge is -2.18. The van der Waals surface area contributed by atoms with Gasteiger partial charge in [0.25, 0.3) is 0 Å². The molecule has 0 saturated carbocycles. The van der Waals surface area contributed by atoms with Gasteiger partial charge in [0.1, 0.15) is 11.3 Å². The Hall–Kier alpha value is -1.80. The molecule has 9 heteroatoms. The zero-order valence-corrected chi connectivity index (χ0v) is 10.2. The Bertz CT molecular complexity index is 631. The number of alkyl halides is 5. The fraction of sp³-hybridized carbons (Fsp3) is 0.455. The molecule has 0 aliphatic heterocycles. The summed E-state index contributed by atoms with van der Waals surface area (Å²) in [5, 5.41) is 3.80. The number of pyridine rings is 1. The van der Waals surface area contributed by atoms with Crippen molar-refractivity contribution in [1.29, 1.82) is 0 Å². The first-order valence-electron chi connectivity index (χ1n) is 5.53. The maximum atomic E-state index is 13.0. The number of nitrogens with zero attached hydrogens (tertiary/aromatic N) is 3. The zero-order valence-electron chi connectivity index (χ0n) is 10.2. The monoisotopic (exact) mass is 297 g/mol. The minimum atomic E-state index is -5.60. The van der Waals surface area contributed by atoms with Crippen LogP contribution < -0.4 is 0 Å². The molecule has 2 rings (SSSR count). The molecule has 0 unspecified atom stereocenters. The number of hydrogen-bond donors (Lipinski definition) is 0. The van der Waals surface area contributed by atoms with Crippen LogP contribution in [0.3, 0.4) is 0 Å². The average molecular weight is 297 g/mol. The van der Waals surface area contributed by atoms with Gasteiger partial charge < -0.3 is 0 Å². The predicted molar refractivity (Wildman–Crippen MR) is 57.8 cm³/mol. The molecule has 0 aromatic carbocycles. The highest BCUT2D eigenvalue weighted by molar-refractivity contribution is 5.77. The molecule has 0 saturated heterocycles. The molecule has 3 nitrogen and oxygen atoms in total. The number of aryl methyl sites for hydroxylation is 2. The van der Waals surface area contributed by atoms with Gasteiger partial charge in [-0.2, -0.15) is 27.1 Å². The molecular weight excluding hydrogens is 288 g/mol. The van der Waals surface area contributed by atoms with Crippen molar-refractivity contribution in [3.8, 4) is 0 Å². The highest BCUT2D eigenvalue weighted by Crippen LogP contribution is 2.39. The Balaban J connectivity index is 2.27. The highest BCUT2D eigenvalue weighted by Gasteiger charge is 2.56. The molecule has 0 bridgehead atoms. The van der Waals surface area contributed by atoms with Crippen LogP contribution in [0.25, 0.3) is 11.0 Å². The van der Waals surface area contributed by atoms with E-state index in [4.69, 9.17) is 0 Å². The van der Waals surface area contributed by atoms with Crippen LogP contribution in [0.15, 0.2) is 12.3 Å². The van der Waals surface area contributed by atoms with Gasteiger partial charge in [-0.25, -0.2) is 9.37 Å². The first-order chi connectivity index (χ1) is 9.12. The van der Waals surface area contributed by atoms with E-state index in [1.54, 1.807) is 0 Å². The molecule has 2 aromatic heterocycles. The second kappa shape index (κ2) is 4.64. The molecule has 0 N–H and O–H groups in total. The third-order valence-electron chi connectivity index (χ3n) is 2.82. The Morgan fingerprint density at radius 2 is 1.85 bits per heavy atom. The number of halogens is 6. The van der Waals surface area contributed by atoms with Crippen molar-refractivity contribution < 1.29 is 26.3 Å². The number of fused-ring (bicyclic) bond motifs is 1. The minimum absolute atomic E-state index is 0.0218. The molecule has 0 aliphatic carbocycles. The lowest BCUT2D eigenvalue weighted by atomic mass is 10.1. The van der Waals surface area contributed by atoms with E-state index < -0.39 is 30.8 Å². The SMILES string of the molecule is Cn1nc(CCC(F)(F)C(F)(F)F)c2ncc(F)cc21. The fourth-order valence-corrected chi connectivity index (χ4v) is 1.77. The molecular formula is C11H9F6N3. The molecule has 0 spiro atoms. The quantitative estimate of drug-likeness (QED) is 0.814. The second-order valence-electron chi connectivity index (χ2n) is 4.29. The summed E-state index contributed by atoms with van der Waals surface area (Å²) < 4.78 is 76.1. The van der Waals surface area contributed by atoms with Gasteiger partial charge >= 0.3 is 12.1 Å². The largest absolute Gasteiger partial charge is 0.453 e. The summed E-state index contributed by atoms with van der Waals surface area (Å²) in [6, 6.07) is 1.08. The minimum Gasteiger partial charge on any atom is -0.266 e. The zero-order chi connectivity index (χ0) is 15.1. The van der Waals surface area contributed by atoms with Crippen molar-refractivity contribution >= 4 is 11.0 Å². The van der Waals surface area contributed by atoms with Gasteiger partial charge in [-0.1, -0.05) is 0 Å². The molecule has 0 amide bonds. The first kappa shape index (κ1) is 14.6. The standard InChI is InChI=1S/C11H9F6N3/c1-20-8-4-6(12)5-18-9(8)7(19-20)2-3-10(13,14)11(15,16)17/h4-5H,2-3H2,1H3. The van der Waals surface area contributed by atoms with Gasteiger partial charge in [-0.15, -0.1) is 0 Å². The molecule has 2 heterocycles. The van der Waals surface area contributed by atoms with Gasteiger partial charge in [0.15, 0.2) is 0 Å². The van der Waals surface area contributed by atoms with Crippen LogP contribution in [0.5, 0.6) is 0 Å². The second-order valence-corrected chi connectivity index (χ2v) is 4.29. The number of rotatable bonds is 3. The lowest BCUT2D eigenvalue weighted by Crippen LogP contribution is -2.36. The average Bonchev–Trinajstić information content (AvgIpc) is 2.62. The topological polar surface area (TPSA) is 30.7 Å². The van der Waals surface area contributed by atoms with E-state index >= 15 is 0 Å². The van der Waals surface area contributed by atoms with Crippen molar-refractivity contribution in [3.05, 3.63) is 23.8 Å². The van der Waals surface area contributed by atoms with Gasteiger partial charge in [0, 0.05) is 19.5 Å². The van der Waals surface area contributed by atoms with Gasteiger partial charge in [0.2, 0.25) is 0 Å². The number of aromatic nitrogens is 3. The van der Waals surface area contributed by atoms with Gasteiger partial charge in [0.05, 0.1) is 17.4 Å². The fourth-order valence-electron chi connectivity index (χ4n) is 1.77. The van der Waals surface area contributed by atoms with E-state index in [1.807, 2.05) is 0 Å². The predicted octanol–water partition coefficient (Wildman–Crippen LogP) is 3.24. The number of hydrogen-bond acceptors (Lipinski definition) is 2. The smallest absolute Gasteiger partial charge is 0.266 e. The van der Waals surface area contributed by atoms with E-state index in [9.17, 15) is 26.3 Å². The van der Waals surface area contributed by atoms with E-state index in [0.717, 1.165) is 12.3 Å². The summed E-state index contributed by atoms with van der Waals surface area (Å²) in [6.07, 6.45) is -6.78. The maximum Gasteiger partial charge on any atom is 0.453 e. The summed E-state index contributed by atoms with van der Waals surface area (Å²) >= 11 is 0. The molecule has 0 aliphatic rings. The van der Waals surface area contributed by atoms with Gasteiger partial charge in [-0.3, -0.25) is 4.68 Å². The normalized spacial score (nSPS) is 13.2. The summed E-state index contributed by atoms with van der Waals surface area (Å²) in [6.45, 7) is 0. The summed E-state index contributed by atoms with van der Waals surface area (Å²) in [4.78, 5) is 3.68. The Labute approximate surface area is 109 Å². The molecule has 2 aromatic rings. The Morgan fingerprint density at radius 3 is 2.45 bits per heavy atom.